The summed E-state index contributed by atoms with van der Waals surface area (Å²) in [6.07, 6.45) is 2.60. The summed E-state index contributed by atoms with van der Waals surface area (Å²) < 4.78 is 10.2. The highest BCUT2D eigenvalue weighted by Crippen LogP contribution is 2.38. The van der Waals surface area contributed by atoms with E-state index in [4.69, 9.17) is 9.47 Å². The second-order valence-corrected chi connectivity index (χ2v) is 5.04. The highest BCUT2D eigenvalue weighted by atomic mass is 16.5. The first kappa shape index (κ1) is 18.0. The smallest absolute Gasteiger partial charge is 0.337 e. The summed E-state index contributed by atoms with van der Waals surface area (Å²) in [6.45, 7) is 5.59. The number of esters is 1. The molecule has 0 saturated heterocycles. The minimum absolute atomic E-state index is 0.0201. The minimum Gasteiger partial charge on any atom is -0.462 e. The Balaban J connectivity index is 3.58. The van der Waals surface area contributed by atoms with Crippen LogP contribution in [0.5, 0.6) is 0 Å². The van der Waals surface area contributed by atoms with Crippen LogP contribution in [0.25, 0.3) is 0 Å². The van der Waals surface area contributed by atoms with Crippen LogP contribution in [0.2, 0.25) is 0 Å². The fraction of sp³-hybridized carbons (Fsp3) is 0.500. The molecule has 1 aliphatic rings. The van der Waals surface area contributed by atoms with Gasteiger partial charge in [-0.1, -0.05) is 6.08 Å². The number of ketones is 3. The third-order valence-corrected chi connectivity index (χ3v) is 3.66. The molecule has 22 heavy (non-hydrogen) atoms. The van der Waals surface area contributed by atoms with Gasteiger partial charge in [0.1, 0.15) is 5.78 Å². The van der Waals surface area contributed by atoms with Gasteiger partial charge in [-0.25, -0.2) is 4.79 Å². The molecule has 0 fully saturated rings. The zero-order valence-electron chi connectivity index (χ0n) is 13.4. The first-order chi connectivity index (χ1) is 10.2. The molecule has 0 aromatic rings. The number of Topliss-reactive ketones (excluding diaryl/α,β-unsaturated/α-hetero) is 3. The second-order valence-electron chi connectivity index (χ2n) is 5.04. The summed E-state index contributed by atoms with van der Waals surface area (Å²) in [7, 11) is 1.26. The Morgan fingerprint density at radius 1 is 1.18 bits per heavy atom. The van der Waals surface area contributed by atoms with E-state index in [1.165, 1.54) is 40.0 Å². The zero-order valence-corrected chi connectivity index (χ0v) is 13.4. The summed E-state index contributed by atoms with van der Waals surface area (Å²) in [6, 6.07) is 0. The van der Waals surface area contributed by atoms with Crippen LogP contribution in [0.3, 0.4) is 0 Å². The molecule has 0 bridgehead atoms. The van der Waals surface area contributed by atoms with Crippen molar-refractivity contribution in [3.05, 3.63) is 23.3 Å². The predicted molar refractivity (Wildman–Crippen MR) is 78.1 cm³/mol. The number of ether oxygens (including phenoxy) is 2. The monoisotopic (exact) mass is 308 g/mol. The van der Waals surface area contributed by atoms with Crippen LogP contribution in [-0.4, -0.2) is 42.6 Å². The van der Waals surface area contributed by atoms with Crippen molar-refractivity contribution in [1.82, 2.24) is 0 Å². The minimum atomic E-state index is -1.70. The van der Waals surface area contributed by atoms with Gasteiger partial charge in [-0.05, 0) is 33.8 Å². The Morgan fingerprint density at radius 2 is 1.77 bits per heavy atom. The average molecular weight is 308 g/mol. The van der Waals surface area contributed by atoms with Crippen molar-refractivity contribution in [3.8, 4) is 0 Å². The maximum absolute atomic E-state index is 12.2. The van der Waals surface area contributed by atoms with Crippen molar-refractivity contribution in [1.29, 1.82) is 0 Å². The third kappa shape index (κ3) is 2.92. The number of hydrogen-bond donors (Lipinski definition) is 0. The van der Waals surface area contributed by atoms with Crippen LogP contribution in [0.4, 0.5) is 0 Å². The van der Waals surface area contributed by atoms with Crippen molar-refractivity contribution >= 4 is 23.3 Å². The Morgan fingerprint density at radius 3 is 2.14 bits per heavy atom. The van der Waals surface area contributed by atoms with Gasteiger partial charge in [0.15, 0.2) is 17.2 Å². The SMILES string of the molecule is CCOC(=O)C1=CC(C(C)=O)C(OC)(C(C)=O)C(C(C)=O)=C1. The number of hydrogen-bond acceptors (Lipinski definition) is 6. The molecule has 2 unspecified atom stereocenters. The van der Waals surface area contributed by atoms with Gasteiger partial charge in [0, 0.05) is 12.7 Å². The molecule has 0 saturated carbocycles. The molecule has 6 nitrogen and oxygen atoms in total. The Kier molecular flexibility index (Phi) is 5.54. The van der Waals surface area contributed by atoms with E-state index >= 15 is 0 Å². The number of methoxy groups -OCH3 is 1. The van der Waals surface area contributed by atoms with E-state index in [0.717, 1.165) is 0 Å². The van der Waals surface area contributed by atoms with Gasteiger partial charge in [0.2, 0.25) is 0 Å². The normalized spacial score (nSPS) is 24.1. The summed E-state index contributed by atoms with van der Waals surface area (Å²) in [5.41, 5.74) is -1.65. The van der Waals surface area contributed by atoms with Crippen LogP contribution in [0, 0.1) is 5.92 Å². The molecular weight excluding hydrogens is 288 g/mol. The standard InChI is InChI=1S/C16H20O6/c1-6-22-15(20)12-7-13(9(2)17)16(21-5,11(4)19)14(8-12)10(3)18/h7-8,13H,6H2,1-5H3. The lowest BCUT2D eigenvalue weighted by molar-refractivity contribution is -0.147. The van der Waals surface area contributed by atoms with E-state index < -0.39 is 29.1 Å². The van der Waals surface area contributed by atoms with Crippen LogP contribution < -0.4 is 0 Å². The molecular formula is C16H20O6. The first-order valence-electron chi connectivity index (χ1n) is 6.91. The molecule has 0 aromatic heterocycles. The molecule has 120 valence electrons. The Labute approximate surface area is 129 Å². The van der Waals surface area contributed by atoms with Crippen molar-refractivity contribution < 1.29 is 28.7 Å². The molecule has 6 heteroatoms. The number of carbonyl (C=O) groups is 4. The van der Waals surface area contributed by atoms with Crippen LogP contribution in [0.15, 0.2) is 23.3 Å². The predicted octanol–water partition coefficient (Wildman–Crippen LogP) is 1.18. The van der Waals surface area contributed by atoms with Gasteiger partial charge in [0.25, 0.3) is 0 Å². The summed E-state index contributed by atoms with van der Waals surface area (Å²) in [4.78, 5) is 48.1. The van der Waals surface area contributed by atoms with E-state index in [1.54, 1.807) is 6.92 Å². The Bertz CT molecular complexity index is 583. The van der Waals surface area contributed by atoms with Crippen LogP contribution in [0.1, 0.15) is 27.7 Å². The lowest BCUT2D eigenvalue weighted by Crippen LogP contribution is -2.53. The maximum Gasteiger partial charge on any atom is 0.337 e. The molecule has 1 rings (SSSR count). The molecule has 0 N–H and O–H groups in total. The van der Waals surface area contributed by atoms with Gasteiger partial charge in [0.05, 0.1) is 18.1 Å². The van der Waals surface area contributed by atoms with Gasteiger partial charge >= 0.3 is 5.97 Å². The second kappa shape index (κ2) is 6.79. The summed E-state index contributed by atoms with van der Waals surface area (Å²) in [5, 5.41) is 0. The molecule has 0 amide bonds. The van der Waals surface area contributed by atoms with Crippen molar-refractivity contribution in [2.75, 3.05) is 13.7 Å². The van der Waals surface area contributed by atoms with Gasteiger partial charge in [-0.15, -0.1) is 0 Å². The Hall–Kier alpha value is -2.08. The van der Waals surface area contributed by atoms with E-state index in [9.17, 15) is 19.2 Å². The molecule has 0 heterocycles. The van der Waals surface area contributed by atoms with E-state index in [-0.39, 0.29) is 23.5 Å². The van der Waals surface area contributed by atoms with Crippen LogP contribution in [-0.2, 0) is 28.7 Å². The molecule has 0 aromatic carbocycles. The first-order valence-corrected chi connectivity index (χ1v) is 6.91. The van der Waals surface area contributed by atoms with Crippen LogP contribution >= 0.6 is 0 Å². The molecule has 0 aliphatic heterocycles. The van der Waals surface area contributed by atoms with E-state index in [2.05, 4.69) is 0 Å². The molecule has 2 atom stereocenters. The highest BCUT2D eigenvalue weighted by molar-refractivity contribution is 6.11. The highest BCUT2D eigenvalue weighted by Gasteiger charge is 2.52. The lowest BCUT2D eigenvalue weighted by Gasteiger charge is -2.38. The lowest BCUT2D eigenvalue weighted by atomic mass is 9.70. The zero-order chi connectivity index (χ0) is 17.1. The van der Waals surface area contributed by atoms with E-state index in [0.29, 0.717) is 0 Å². The van der Waals surface area contributed by atoms with Gasteiger partial charge < -0.3 is 9.47 Å². The molecule has 0 radical (unpaired) electrons. The fourth-order valence-corrected chi connectivity index (χ4v) is 2.67. The largest absolute Gasteiger partial charge is 0.462 e. The number of rotatable bonds is 6. The summed E-state index contributed by atoms with van der Waals surface area (Å²) >= 11 is 0. The molecule has 1 aliphatic carbocycles. The third-order valence-electron chi connectivity index (χ3n) is 3.66. The summed E-state index contributed by atoms with van der Waals surface area (Å²) in [5.74, 6) is -3.02. The van der Waals surface area contributed by atoms with E-state index in [1.807, 2.05) is 0 Å². The van der Waals surface area contributed by atoms with Gasteiger partial charge in [-0.2, -0.15) is 0 Å². The maximum atomic E-state index is 12.2. The fourth-order valence-electron chi connectivity index (χ4n) is 2.67. The van der Waals surface area contributed by atoms with Gasteiger partial charge in [-0.3, -0.25) is 14.4 Å². The topological polar surface area (TPSA) is 86.7 Å². The average Bonchev–Trinajstić information content (AvgIpc) is 2.45. The van der Waals surface area contributed by atoms with Crippen molar-refractivity contribution in [3.63, 3.8) is 0 Å². The van der Waals surface area contributed by atoms with Crippen molar-refractivity contribution in [2.45, 2.75) is 33.3 Å². The quantitative estimate of drug-likeness (QED) is 0.685. The van der Waals surface area contributed by atoms with Crippen molar-refractivity contribution in [2.24, 2.45) is 5.92 Å². The number of carbonyl (C=O) groups excluding carboxylic acids is 4. The molecule has 0 spiro atoms.